The Morgan fingerprint density at radius 1 is 1.42 bits per heavy atom. The number of hydrogen-bond acceptors (Lipinski definition) is 4. The lowest BCUT2D eigenvalue weighted by Gasteiger charge is -2.17. The highest BCUT2D eigenvalue weighted by Crippen LogP contribution is 2.03. The Hall–Kier alpha value is -0.660. The van der Waals surface area contributed by atoms with Crippen LogP contribution in [-0.2, 0) is 14.8 Å². The number of rotatable bonds is 10. The molecule has 3 N–H and O–H groups in total. The van der Waals surface area contributed by atoms with Gasteiger partial charge in [-0.25, -0.2) is 12.7 Å². The van der Waals surface area contributed by atoms with Crippen molar-refractivity contribution in [3.05, 3.63) is 0 Å². The van der Waals surface area contributed by atoms with E-state index in [0.717, 1.165) is 6.42 Å². The third kappa shape index (κ3) is 8.96. The smallest absolute Gasteiger partial charge is 0.220 e. The summed E-state index contributed by atoms with van der Waals surface area (Å²) in [6, 6.07) is 0. The lowest BCUT2D eigenvalue weighted by molar-refractivity contribution is -0.121. The molecule has 0 heterocycles. The Kier molecular flexibility index (Phi) is 8.95. The number of amides is 1. The predicted octanol–water partition coefficient (Wildman–Crippen LogP) is 0.149. The average molecular weight is 293 g/mol. The van der Waals surface area contributed by atoms with Gasteiger partial charge < -0.3 is 11.1 Å². The molecule has 6 nitrogen and oxygen atoms in total. The molecule has 0 spiro atoms. The lowest BCUT2D eigenvalue weighted by Crippen LogP contribution is -2.33. The zero-order valence-electron chi connectivity index (χ0n) is 12.2. The van der Waals surface area contributed by atoms with Crippen LogP contribution in [0, 0.1) is 5.92 Å². The Morgan fingerprint density at radius 2 is 2.05 bits per heavy atom. The highest BCUT2D eigenvalue weighted by molar-refractivity contribution is 7.88. The SMILES string of the molecule is CCN(CCCNC(=O)CCC(C)CN)S(C)(=O)=O. The molecule has 0 radical (unpaired) electrons. The van der Waals surface area contributed by atoms with Crippen molar-refractivity contribution in [3.63, 3.8) is 0 Å². The standard InChI is InChI=1S/C12H27N3O3S/c1-4-15(19(3,17)18)9-5-8-14-12(16)7-6-11(2)10-13/h11H,4-10,13H2,1-3H3,(H,14,16). The van der Waals surface area contributed by atoms with Crippen LogP contribution in [-0.4, -0.2) is 51.1 Å². The van der Waals surface area contributed by atoms with E-state index < -0.39 is 10.0 Å². The molecule has 0 saturated carbocycles. The first-order valence-electron chi connectivity index (χ1n) is 6.73. The fourth-order valence-electron chi connectivity index (χ4n) is 1.63. The van der Waals surface area contributed by atoms with E-state index in [1.54, 1.807) is 6.92 Å². The van der Waals surface area contributed by atoms with Crippen molar-refractivity contribution >= 4 is 15.9 Å². The van der Waals surface area contributed by atoms with E-state index in [2.05, 4.69) is 5.32 Å². The van der Waals surface area contributed by atoms with Crippen molar-refractivity contribution < 1.29 is 13.2 Å². The summed E-state index contributed by atoms with van der Waals surface area (Å²) >= 11 is 0. The van der Waals surface area contributed by atoms with E-state index in [1.807, 2.05) is 6.92 Å². The molecule has 0 aliphatic carbocycles. The first-order chi connectivity index (χ1) is 8.81. The molecule has 0 bridgehead atoms. The summed E-state index contributed by atoms with van der Waals surface area (Å²) in [5.74, 6) is 0.356. The van der Waals surface area contributed by atoms with Gasteiger partial charge in [0.1, 0.15) is 0 Å². The maximum atomic E-state index is 11.5. The molecule has 0 rings (SSSR count). The maximum Gasteiger partial charge on any atom is 0.220 e. The van der Waals surface area contributed by atoms with E-state index in [0.29, 0.717) is 44.9 Å². The van der Waals surface area contributed by atoms with Crippen LogP contribution in [0.4, 0.5) is 0 Å². The molecule has 0 saturated heterocycles. The molecule has 19 heavy (non-hydrogen) atoms. The van der Waals surface area contributed by atoms with Gasteiger partial charge in [0.2, 0.25) is 15.9 Å². The summed E-state index contributed by atoms with van der Waals surface area (Å²) in [7, 11) is -3.13. The van der Waals surface area contributed by atoms with Gasteiger partial charge in [-0.05, 0) is 25.3 Å². The van der Waals surface area contributed by atoms with E-state index >= 15 is 0 Å². The normalized spacial score (nSPS) is 13.5. The molecule has 1 amide bonds. The number of hydrogen-bond donors (Lipinski definition) is 2. The first-order valence-corrected chi connectivity index (χ1v) is 8.58. The van der Waals surface area contributed by atoms with Crippen molar-refractivity contribution in [2.75, 3.05) is 32.4 Å². The van der Waals surface area contributed by atoms with Crippen LogP contribution in [0.15, 0.2) is 0 Å². The minimum atomic E-state index is -3.13. The molecule has 114 valence electrons. The van der Waals surface area contributed by atoms with Crippen molar-refractivity contribution in [2.45, 2.75) is 33.1 Å². The Morgan fingerprint density at radius 3 is 2.53 bits per heavy atom. The van der Waals surface area contributed by atoms with Crippen LogP contribution in [0.5, 0.6) is 0 Å². The molecular formula is C12H27N3O3S. The molecule has 1 atom stereocenters. The Balaban J connectivity index is 3.77. The van der Waals surface area contributed by atoms with Gasteiger partial charge in [0, 0.05) is 26.1 Å². The number of nitrogens with zero attached hydrogens (tertiary/aromatic N) is 1. The third-order valence-electron chi connectivity index (χ3n) is 2.99. The van der Waals surface area contributed by atoms with Gasteiger partial charge >= 0.3 is 0 Å². The van der Waals surface area contributed by atoms with E-state index in [9.17, 15) is 13.2 Å². The summed E-state index contributed by atoms with van der Waals surface area (Å²) in [5.41, 5.74) is 5.48. The second kappa shape index (κ2) is 9.28. The minimum Gasteiger partial charge on any atom is -0.356 e. The van der Waals surface area contributed by atoms with Crippen LogP contribution < -0.4 is 11.1 Å². The zero-order chi connectivity index (χ0) is 14.9. The number of nitrogens with two attached hydrogens (primary N) is 1. The number of sulfonamides is 1. The Bertz CT molecular complexity index is 357. The third-order valence-corrected chi connectivity index (χ3v) is 4.37. The fraction of sp³-hybridized carbons (Fsp3) is 0.917. The molecule has 0 aromatic carbocycles. The van der Waals surface area contributed by atoms with E-state index in [4.69, 9.17) is 5.73 Å². The van der Waals surface area contributed by atoms with Gasteiger partial charge in [0.25, 0.3) is 0 Å². The maximum absolute atomic E-state index is 11.5. The van der Waals surface area contributed by atoms with Gasteiger partial charge in [-0.15, -0.1) is 0 Å². The average Bonchev–Trinajstić information content (AvgIpc) is 2.34. The van der Waals surface area contributed by atoms with Crippen molar-refractivity contribution in [1.29, 1.82) is 0 Å². The zero-order valence-corrected chi connectivity index (χ0v) is 13.0. The lowest BCUT2D eigenvalue weighted by atomic mass is 10.1. The summed E-state index contributed by atoms with van der Waals surface area (Å²) in [4.78, 5) is 11.5. The highest BCUT2D eigenvalue weighted by atomic mass is 32.2. The van der Waals surface area contributed by atoms with Crippen molar-refractivity contribution in [1.82, 2.24) is 9.62 Å². The Labute approximate surface area is 116 Å². The number of nitrogens with one attached hydrogen (secondary N) is 1. The molecule has 0 aromatic heterocycles. The number of carbonyl (C=O) groups is 1. The summed E-state index contributed by atoms with van der Waals surface area (Å²) in [6.45, 7) is 5.80. The molecular weight excluding hydrogens is 266 g/mol. The van der Waals surface area contributed by atoms with E-state index in [1.165, 1.54) is 10.6 Å². The topological polar surface area (TPSA) is 92.5 Å². The molecule has 0 aliphatic rings. The summed E-state index contributed by atoms with van der Waals surface area (Å²) in [5, 5.41) is 2.79. The largest absolute Gasteiger partial charge is 0.356 e. The van der Waals surface area contributed by atoms with Crippen LogP contribution in [0.1, 0.15) is 33.1 Å². The second-order valence-electron chi connectivity index (χ2n) is 4.84. The quantitative estimate of drug-likeness (QED) is 0.561. The monoisotopic (exact) mass is 293 g/mol. The fourth-order valence-corrected chi connectivity index (χ4v) is 2.56. The molecule has 0 fully saturated rings. The van der Waals surface area contributed by atoms with Gasteiger partial charge in [0.05, 0.1) is 6.26 Å². The molecule has 1 unspecified atom stereocenters. The van der Waals surface area contributed by atoms with Crippen molar-refractivity contribution in [2.24, 2.45) is 11.7 Å². The second-order valence-corrected chi connectivity index (χ2v) is 6.82. The van der Waals surface area contributed by atoms with Crippen LogP contribution in [0.2, 0.25) is 0 Å². The van der Waals surface area contributed by atoms with Crippen LogP contribution in [0.3, 0.4) is 0 Å². The molecule has 0 aliphatic heterocycles. The van der Waals surface area contributed by atoms with Gasteiger partial charge in [-0.3, -0.25) is 4.79 Å². The molecule has 7 heteroatoms. The first kappa shape index (κ1) is 18.3. The summed E-state index contributed by atoms with van der Waals surface area (Å²) in [6.07, 6.45) is 3.08. The minimum absolute atomic E-state index is 0.00250. The number of carbonyl (C=O) groups excluding carboxylic acids is 1. The summed E-state index contributed by atoms with van der Waals surface area (Å²) < 4.78 is 24.1. The van der Waals surface area contributed by atoms with E-state index in [-0.39, 0.29) is 5.91 Å². The van der Waals surface area contributed by atoms with Gasteiger partial charge in [-0.2, -0.15) is 0 Å². The highest BCUT2D eigenvalue weighted by Gasteiger charge is 2.13. The predicted molar refractivity (Wildman–Crippen MR) is 77.2 cm³/mol. The van der Waals surface area contributed by atoms with Crippen LogP contribution >= 0.6 is 0 Å². The van der Waals surface area contributed by atoms with Gasteiger partial charge in [-0.1, -0.05) is 13.8 Å². The molecule has 0 aromatic rings. The van der Waals surface area contributed by atoms with Gasteiger partial charge in [0.15, 0.2) is 0 Å². The van der Waals surface area contributed by atoms with Crippen LogP contribution in [0.25, 0.3) is 0 Å². The van der Waals surface area contributed by atoms with Crippen molar-refractivity contribution in [3.8, 4) is 0 Å².